The predicted molar refractivity (Wildman–Crippen MR) is 65.2 cm³/mol. The first kappa shape index (κ1) is 11.8. The van der Waals surface area contributed by atoms with Gasteiger partial charge >= 0.3 is 0 Å². The molecular formula is C14H20N+. The Morgan fingerprint density at radius 2 is 1.87 bits per heavy atom. The third kappa shape index (κ3) is 3.11. The highest BCUT2D eigenvalue weighted by atomic mass is 15.3. The third-order valence-electron chi connectivity index (χ3n) is 3.09. The van der Waals surface area contributed by atoms with Crippen LogP contribution in [0.15, 0.2) is 30.3 Å². The van der Waals surface area contributed by atoms with Crippen LogP contribution in [0, 0.1) is 12.3 Å². The number of benzene rings is 1. The predicted octanol–water partition coefficient (Wildman–Crippen LogP) is 2.67. The summed E-state index contributed by atoms with van der Waals surface area (Å²) in [4.78, 5) is 0. The van der Waals surface area contributed by atoms with E-state index in [2.05, 4.69) is 51.1 Å². The molecule has 0 saturated carbocycles. The summed E-state index contributed by atoms with van der Waals surface area (Å²) in [6.45, 7) is 6.23. The average molecular weight is 202 g/mol. The van der Waals surface area contributed by atoms with Gasteiger partial charge in [0.15, 0.2) is 0 Å². The van der Waals surface area contributed by atoms with Crippen molar-refractivity contribution in [3.8, 4) is 12.3 Å². The fourth-order valence-electron chi connectivity index (χ4n) is 1.63. The smallest absolute Gasteiger partial charge is 0.140 e. The van der Waals surface area contributed by atoms with Crippen LogP contribution in [-0.2, 0) is 6.54 Å². The van der Waals surface area contributed by atoms with E-state index < -0.39 is 0 Å². The molecule has 0 unspecified atom stereocenters. The summed E-state index contributed by atoms with van der Waals surface area (Å²) in [5.74, 6) is 2.78. The van der Waals surface area contributed by atoms with E-state index in [-0.39, 0.29) is 0 Å². The van der Waals surface area contributed by atoms with Gasteiger partial charge in [-0.05, 0) is 19.8 Å². The SMILES string of the molecule is C#CC[N@@+](C)(Cc1ccccc1)C(C)C. The largest absolute Gasteiger partial charge is 0.310 e. The van der Waals surface area contributed by atoms with Gasteiger partial charge in [-0.2, -0.15) is 0 Å². The van der Waals surface area contributed by atoms with E-state index in [0.29, 0.717) is 6.04 Å². The van der Waals surface area contributed by atoms with Crippen LogP contribution in [-0.4, -0.2) is 24.1 Å². The molecule has 80 valence electrons. The van der Waals surface area contributed by atoms with E-state index in [0.717, 1.165) is 17.6 Å². The summed E-state index contributed by atoms with van der Waals surface area (Å²) >= 11 is 0. The Morgan fingerprint density at radius 1 is 1.27 bits per heavy atom. The number of quaternary nitrogens is 1. The molecular weight excluding hydrogens is 182 g/mol. The maximum atomic E-state index is 5.44. The first-order valence-electron chi connectivity index (χ1n) is 5.40. The molecule has 0 saturated heterocycles. The van der Waals surface area contributed by atoms with Crippen LogP contribution in [0.3, 0.4) is 0 Å². The Labute approximate surface area is 93.3 Å². The molecule has 1 atom stereocenters. The second-order valence-corrected chi connectivity index (χ2v) is 4.58. The van der Waals surface area contributed by atoms with Crippen molar-refractivity contribution in [2.24, 2.45) is 0 Å². The molecule has 0 radical (unpaired) electrons. The fraction of sp³-hybridized carbons (Fsp3) is 0.429. The van der Waals surface area contributed by atoms with E-state index in [1.165, 1.54) is 5.56 Å². The molecule has 1 rings (SSSR count). The summed E-state index contributed by atoms with van der Waals surface area (Å²) < 4.78 is 0.903. The van der Waals surface area contributed by atoms with Crippen molar-refractivity contribution in [2.75, 3.05) is 13.6 Å². The first-order chi connectivity index (χ1) is 7.08. The van der Waals surface area contributed by atoms with E-state index in [1.54, 1.807) is 0 Å². The summed E-state index contributed by atoms with van der Waals surface area (Å²) in [7, 11) is 2.22. The third-order valence-corrected chi connectivity index (χ3v) is 3.09. The lowest BCUT2D eigenvalue weighted by Gasteiger charge is -2.37. The molecule has 0 heterocycles. The maximum absolute atomic E-state index is 5.44. The minimum absolute atomic E-state index is 0.543. The van der Waals surface area contributed by atoms with Crippen molar-refractivity contribution in [3.63, 3.8) is 0 Å². The van der Waals surface area contributed by atoms with Crippen LogP contribution in [0.25, 0.3) is 0 Å². The Bertz CT molecular complexity index is 334. The zero-order chi connectivity index (χ0) is 11.3. The summed E-state index contributed by atoms with van der Waals surface area (Å²) in [5, 5.41) is 0. The highest BCUT2D eigenvalue weighted by Crippen LogP contribution is 2.15. The quantitative estimate of drug-likeness (QED) is 0.520. The Balaban J connectivity index is 2.81. The van der Waals surface area contributed by atoms with E-state index in [4.69, 9.17) is 6.42 Å². The van der Waals surface area contributed by atoms with E-state index >= 15 is 0 Å². The van der Waals surface area contributed by atoms with Gasteiger partial charge in [-0.1, -0.05) is 30.3 Å². The molecule has 0 spiro atoms. The first-order valence-corrected chi connectivity index (χ1v) is 5.40. The van der Waals surface area contributed by atoms with Gasteiger partial charge in [-0.25, -0.2) is 0 Å². The zero-order valence-corrected chi connectivity index (χ0v) is 9.90. The topological polar surface area (TPSA) is 0 Å². The molecule has 0 fully saturated rings. The highest BCUT2D eigenvalue weighted by molar-refractivity contribution is 5.13. The van der Waals surface area contributed by atoms with Gasteiger partial charge in [0.25, 0.3) is 0 Å². The second-order valence-electron chi connectivity index (χ2n) is 4.58. The summed E-state index contributed by atoms with van der Waals surface area (Å²) in [6.07, 6.45) is 5.44. The zero-order valence-electron chi connectivity index (χ0n) is 9.90. The molecule has 1 aromatic carbocycles. The number of rotatable bonds is 4. The Hall–Kier alpha value is -1.26. The van der Waals surface area contributed by atoms with Gasteiger partial charge < -0.3 is 4.48 Å². The molecule has 0 bridgehead atoms. The maximum Gasteiger partial charge on any atom is 0.140 e. The lowest BCUT2D eigenvalue weighted by Crippen LogP contribution is -2.49. The molecule has 15 heavy (non-hydrogen) atoms. The normalized spacial score (nSPS) is 14.6. The minimum atomic E-state index is 0.543. The van der Waals surface area contributed by atoms with E-state index in [9.17, 15) is 0 Å². The van der Waals surface area contributed by atoms with Crippen molar-refractivity contribution < 1.29 is 4.48 Å². The monoisotopic (exact) mass is 202 g/mol. The molecule has 0 N–H and O–H groups in total. The van der Waals surface area contributed by atoms with E-state index in [1.807, 2.05) is 6.07 Å². The fourth-order valence-corrected chi connectivity index (χ4v) is 1.63. The van der Waals surface area contributed by atoms with Crippen molar-refractivity contribution in [3.05, 3.63) is 35.9 Å². The van der Waals surface area contributed by atoms with Crippen LogP contribution in [0.5, 0.6) is 0 Å². The van der Waals surface area contributed by atoms with Crippen molar-refractivity contribution in [2.45, 2.75) is 26.4 Å². The molecule has 1 aromatic rings. The number of nitrogens with zero attached hydrogens (tertiary/aromatic N) is 1. The average Bonchev–Trinajstić information content (AvgIpc) is 2.19. The summed E-state index contributed by atoms with van der Waals surface area (Å²) in [5.41, 5.74) is 1.35. The van der Waals surface area contributed by atoms with Crippen LogP contribution < -0.4 is 0 Å². The Kier molecular flexibility index (Phi) is 3.94. The van der Waals surface area contributed by atoms with Gasteiger partial charge in [0.1, 0.15) is 13.1 Å². The molecule has 1 heteroatoms. The van der Waals surface area contributed by atoms with Gasteiger partial charge in [0.2, 0.25) is 0 Å². The molecule has 1 nitrogen and oxygen atoms in total. The lowest BCUT2D eigenvalue weighted by atomic mass is 10.1. The van der Waals surface area contributed by atoms with Crippen LogP contribution >= 0.6 is 0 Å². The summed E-state index contributed by atoms with van der Waals surface area (Å²) in [6, 6.07) is 11.1. The number of terminal acetylenes is 1. The standard InChI is InChI=1S/C14H20N/c1-5-11-15(4,13(2)3)12-14-9-7-6-8-10-14/h1,6-10,13H,11-12H2,2-4H3/q+1/t15-/m0/s1. The van der Waals surface area contributed by atoms with Gasteiger partial charge in [-0.15, -0.1) is 6.42 Å². The minimum Gasteiger partial charge on any atom is -0.310 e. The molecule has 0 aromatic heterocycles. The molecule has 0 aliphatic heterocycles. The van der Waals surface area contributed by atoms with Crippen molar-refractivity contribution >= 4 is 0 Å². The molecule has 0 aliphatic carbocycles. The highest BCUT2D eigenvalue weighted by Gasteiger charge is 2.24. The molecule has 0 amide bonds. The van der Waals surface area contributed by atoms with Crippen LogP contribution in [0.2, 0.25) is 0 Å². The number of hydrogen-bond donors (Lipinski definition) is 0. The molecule has 0 aliphatic rings. The van der Waals surface area contributed by atoms with Crippen LogP contribution in [0.1, 0.15) is 19.4 Å². The Morgan fingerprint density at radius 3 is 2.33 bits per heavy atom. The lowest BCUT2D eigenvalue weighted by molar-refractivity contribution is -0.936. The van der Waals surface area contributed by atoms with Gasteiger partial charge in [0.05, 0.1) is 13.1 Å². The van der Waals surface area contributed by atoms with Crippen molar-refractivity contribution in [1.82, 2.24) is 0 Å². The van der Waals surface area contributed by atoms with Crippen molar-refractivity contribution in [1.29, 1.82) is 0 Å². The van der Waals surface area contributed by atoms with Crippen LogP contribution in [0.4, 0.5) is 0 Å². The number of hydrogen-bond acceptors (Lipinski definition) is 0. The van der Waals surface area contributed by atoms with Gasteiger partial charge in [-0.3, -0.25) is 0 Å². The van der Waals surface area contributed by atoms with Gasteiger partial charge in [0, 0.05) is 5.56 Å². The second kappa shape index (κ2) is 5.00.